The average Bonchev–Trinajstić information content (AvgIpc) is 4.33. The first-order valence-electron chi connectivity index (χ1n) is 26.8. The number of likely N-dealkylation sites (tertiary alicyclic amines) is 1. The van der Waals surface area contributed by atoms with Gasteiger partial charge in [0.15, 0.2) is 11.6 Å². The topological polar surface area (TPSA) is 248 Å². The van der Waals surface area contributed by atoms with E-state index in [9.17, 15) is 4.79 Å². The Hall–Kier alpha value is -8.05. The zero-order chi connectivity index (χ0) is 54.5. The molecule has 0 unspecified atom stereocenters. The standard InChI is InChI=1S/C34H44N10O3Si.C21H25N9.CH4/c1-23-18-35-33(36-26-13-12-24(2)44(19-26)34(45)47-21-25-10-8-7-9-11-25)38-30(23)28-20-43(22-46-16-17-48(4,5)6)31-27(28)14-15-29(37-31)32-39-40-41-42(32)3;1-12-4-6-14(7-5-12)24-21-23-10-13(2)18(26-21)16-11-22-19-15(16)8-9-17(25-19)20-27-28-29-30(20)3;/h7-11,14-15,18,20,24,26H,12-13,16-17,19,21-22H2,1-6H3,(H,35,36,38);8-12,14H,4-7H2,1-3H3,(H,22,25)(H,23,24,26);1H4/t24-,26-;;/m0../s1. The second-order valence-corrected chi connectivity index (χ2v) is 27.6. The molecule has 2 fully saturated rings. The number of nitrogens with one attached hydrogen (secondary N) is 3. The number of ether oxygens (including phenoxy) is 2. The molecule has 1 aromatic carbocycles. The summed E-state index contributed by atoms with van der Waals surface area (Å²) >= 11 is 0. The minimum atomic E-state index is -1.24. The van der Waals surface area contributed by atoms with Gasteiger partial charge in [-0.2, -0.15) is 0 Å². The molecule has 0 radical (unpaired) electrons. The number of hydrogen-bond acceptors (Lipinski definition) is 17. The van der Waals surface area contributed by atoms with Gasteiger partial charge in [-0.1, -0.05) is 64.3 Å². The highest BCUT2D eigenvalue weighted by molar-refractivity contribution is 6.76. The lowest BCUT2D eigenvalue weighted by molar-refractivity contribution is 0.0695. The van der Waals surface area contributed by atoms with Gasteiger partial charge in [-0.25, -0.2) is 44.1 Å². The predicted molar refractivity (Wildman–Crippen MR) is 308 cm³/mol. The van der Waals surface area contributed by atoms with Crippen LogP contribution in [0, 0.1) is 19.8 Å². The number of H-pyrrole nitrogens is 1. The zero-order valence-electron chi connectivity index (χ0n) is 46.0. The van der Waals surface area contributed by atoms with E-state index in [-0.39, 0.29) is 32.2 Å². The number of aromatic nitrogens is 16. The second-order valence-electron chi connectivity index (χ2n) is 22.0. The van der Waals surface area contributed by atoms with Crippen molar-refractivity contribution < 1.29 is 14.3 Å². The summed E-state index contributed by atoms with van der Waals surface area (Å²) in [5.74, 6) is 3.22. The third kappa shape index (κ3) is 13.1. The van der Waals surface area contributed by atoms with E-state index in [2.05, 4.69) is 96.3 Å². The van der Waals surface area contributed by atoms with Crippen LogP contribution < -0.4 is 10.6 Å². The number of anilines is 2. The summed E-state index contributed by atoms with van der Waals surface area (Å²) in [5, 5.41) is 32.5. The lowest BCUT2D eigenvalue weighted by Crippen LogP contribution is -2.50. The number of fused-ring (bicyclic) bond motifs is 2. The van der Waals surface area contributed by atoms with E-state index >= 15 is 0 Å². The monoisotopic (exact) mass is 1090 g/mol. The SMILES string of the molecule is C.Cc1cnc(NC2CCC(C)CC2)nc1-c1c[nH]c2nc(-c3nnnn3C)ccc12.Cc1cnc(N[C@H]2CC[C@H](C)N(C(=O)OCc3ccccc3)C2)nc1-c1cn(COCC[Si](C)(C)C)c2nc(-c3nnnn3C)ccc12. The molecule has 23 heteroatoms. The van der Waals surface area contributed by atoms with Gasteiger partial charge in [-0.05, 0) is 133 Å². The number of pyridine rings is 2. The van der Waals surface area contributed by atoms with E-state index in [0.717, 1.165) is 91.8 Å². The maximum Gasteiger partial charge on any atom is 0.410 e. The molecule has 11 rings (SSSR count). The molecule has 8 aromatic heterocycles. The molecule has 2 aliphatic rings. The van der Waals surface area contributed by atoms with Gasteiger partial charge in [0.2, 0.25) is 11.9 Å². The maximum absolute atomic E-state index is 13.1. The smallest absolute Gasteiger partial charge is 0.410 e. The number of benzene rings is 1. The van der Waals surface area contributed by atoms with Crippen molar-refractivity contribution in [3.05, 3.63) is 96.1 Å². The normalized spacial score (nSPS) is 17.5. The van der Waals surface area contributed by atoms with Crippen LogP contribution in [0.3, 0.4) is 0 Å². The number of nitrogens with zero attached hydrogens (tertiary/aromatic N) is 16. The number of amides is 1. The number of piperidine rings is 1. The van der Waals surface area contributed by atoms with Crippen LogP contribution in [0.5, 0.6) is 0 Å². The van der Waals surface area contributed by atoms with E-state index < -0.39 is 8.07 Å². The Kier molecular flexibility index (Phi) is 17.1. The molecule has 1 aliphatic heterocycles. The summed E-state index contributed by atoms with van der Waals surface area (Å²) in [5.41, 5.74) is 9.51. The third-order valence-corrected chi connectivity index (χ3v) is 16.3. The van der Waals surface area contributed by atoms with Gasteiger partial charge in [0.1, 0.15) is 36.0 Å². The van der Waals surface area contributed by atoms with Crippen molar-refractivity contribution in [1.82, 2.24) is 84.8 Å². The Balaban J connectivity index is 0.000000209. The lowest BCUT2D eigenvalue weighted by atomic mass is 9.87. The number of aromatic amines is 1. The molecule has 22 nitrogen and oxygen atoms in total. The molecule has 3 N–H and O–H groups in total. The molecule has 79 heavy (non-hydrogen) atoms. The van der Waals surface area contributed by atoms with Crippen LogP contribution in [0.1, 0.15) is 76.5 Å². The van der Waals surface area contributed by atoms with Gasteiger partial charge in [-0.15, -0.1) is 10.2 Å². The fourth-order valence-corrected chi connectivity index (χ4v) is 10.7. The van der Waals surface area contributed by atoms with Crippen molar-refractivity contribution in [1.29, 1.82) is 0 Å². The highest BCUT2D eigenvalue weighted by Crippen LogP contribution is 2.35. The van der Waals surface area contributed by atoms with Gasteiger partial charge < -0.3 is 34.6 Å². The number of carbonyl (C=O) groups is 1. The highest BCUT2D eigenvalue weighted by atomic mass is 28.3. The summed E-state index contributed by atoms with van der Waals surface area (Å²) in [4.78, 5) is 46.8. The van der Waals surface area contributed by atoms with Crippen molar-refractivity contribution in [2.75, 3.05) is 23.8 Å². The molecule has 414 valence electrons. The van der Waals surface area contributed by atoms with Gasteiger partial charge in [0, 0.05) is 100 Å². The van der Waals surface area contributed by atoms with Crippen molar-refractivity contribution in [3.63, 3.8) is 0 Å². The van der Waals surface area contributed by atoms with Gasteiger partial charge in [0.25, 0.3) is 0 Å². The summed E-state index contributed by atoms with van der Waals surface area (Å²) < 4.78 is 17.1. The molecule has 1 amide bonds. The molecular formula is C56H73N19O3Si. The first-order chi connectivity index (χ1) is 37.6. The molecule has 1 aliphatic carbocycles. The van der Waals surface area contributed by atoms with Gasteiger partial charge in [-0.3, -0.25) is 0 Å². The van der Waals surface area contributed by atoms with Crippen molar-refractivity contribution in [2.45, 2.75) is 131 Å². The zero-order valence-corrected chi connectivity index (χ0v) is 47.0. The summed E-state index contributed by atoms with van der Waals surface area (Å²) in [6.07, 6.45) is 14.0. The van der Waals surface area contributed by atoms with Crippen LogP contribution in [-0.2, 0) is 36.9 Å². The first kappa shape index (κ1) is 55.7. The van der Waals surface area contributed by atoms with Gasteiger partial charge >= 0.3 is 6.09 Å². The Labute approximate surface area is 461 Å². The second kappa shape index (κ2) is 24.3. The lowest BCUT2D eigenvalue weighted by Gasteiger charge is -2.37. The number of aryl methyl sites for hydroxylation is 4. The van der Waals surface area contributed by atoms with Crippen molar-refractivity contribution >= 4 is 48.1 Å². The van der Waals surface area contributed by atoms with Crippen molar-refractivity contribution in [3.8, 4) is 45.6 Å². The fourth-order valence-electron chi connectivity index (χ4n) is 9.95. The summed E-state index contributed by atoms with van der Waals surface area (Å²) in [6.45, 7) is 17.3. The van der Waals surface area contributed by atoms with Gasteiger partial charge in [0.05, 0.1) is 11.4 Å². The largest absolute Gasteiger partial charge is 0.445 e. The Bertz CT molecular complexity index is 3510. The van der Waals surface area contributed by atoms with Crippen LogP contribution in [0.4, 0.5) is 16.7 Å². The number of hydrogen-bond donors (Lipinski definition) is 3. The quantitative estimate of drug-likeness (QED) is 0.0638. The molecular weight excluding hydrogens is 1010 g/mol. The average molecular weight is 1090 g/mol. The number of tetrazole rings is 2. The minimum absolute atomic E-state index is 0. The summed E-state index contributed by atoms with van der Waals surface area (Å²) in [7, 11) is 2.35. The Morgan fingerprint density at radius 1 is 0.734 bits per heavy atom. The fraction of sp³-hybridized carbons (Fsp3) is 0.446. The van der Waals surface area contributed by atoms with E-state index in [4.69, 9.17) is 29.4 Å². The molecule has 9 heterocycles. The van der Waals surface area contributed by atoms with Crippen LogP contribution in [0.2, 0.25) is 25.7 Å². The maximum atomic E-state index is 13.1. The van der Waals surface area contributed by atoms with Crippen LogP contribution >= 0.6 is 0 Å². The van der Waals surface area contributed by atoms with E-state index in [0.29, 0.717) is 55.2 Å². The Morgan fingerprint density at radius 2 is 1.34 bits per heavy atom. The molecule has 0 bridgehead atoms. The van der Waals surface area contributed by atoms with E-state index in [1.165, 1.54) is 25.7 Å². The van der Waals surface area contributed by atoms with Crippen LogP contribution in [-0.4, -0.2) is 130 Å². The molecule has 9 aromatic rings. The highest BCUT2D eigenvalue weighted by Gasteiger charge is 2.31. The van der Waals surface area contributed by atoms with E-state index in [1.54, 1.807) is 28.4 Å². The summed E-state index contributed by atoms with van der Waals surface area (Å²) in [6, 6.07) is 19.2. The third-order valence-electron chi connectivity index (χ3n) is 14.6. The molecule has 1 saturated heterocycles. The number of rotatable bonds is 15. The van der Waals surface area contributed by atoms with E-state index in [1.807, 2.05) is 91.6 Å². The van der Waals surface area contributed by atoms with Crippen molar-refractivity contribution in [2.24, 2.45) is 20.0 Å². The predicted octanol–water partition coefficient (Wildman–Crippen LogP) is 10.1. The molecule has 2 atom stereocenters. The molecule has 0 spiro atoms. The number of carbonyl (C=O) groups excluding carboxylic acids is 1. The van der Waals surface area contributed by atoms with Crippen LogP contribution in [0.25, 0.3) is 67.6 Å². The van der Waals surface area contributed by atoms with Crippen LogP contribution in [0.15, 0.2) is 79.4 Å². The first-order valence-corrected chi connectivity index (χ1v) is 30.5. The molecule has 1 saturated carbocycles. The minimum Gasteiger partial charge on any atom is -0.445 e. The Morgan fingerprint density at radius 3 is 1.97 bits per heavy atom.